The molecule has 32 heavy (non-hydrogen) atoms. The first-order valence-electron chi connectivity index (χ1n) is 9.88. The van der Waals surface area contributed by atoms with E-state index >= 15 is 0 Å². The average molecular weight is 446 g/mol. The van der Waals surface area contributed by atoms with Crippen LogP contribution in [0.4, 0.5) is 25.1 Å². The SMILES string of the molecule is O=Cc1ccc2c(c1)nc(Nc1nc3ccc(OC(F)(F)F)cc3o1)n2C1CCOCC1. The van der Waals surface area contributed by atoms with Gasteiger partial charge >= 0.3 is 12.4 Å². The monoisotopic (exact) mass is 446 g/mol. The summed E-state index contributed by atoms with van der Waals surface area (Å²) in [4.78, 5) is 20.1. The smallest absolute Gasteiger partial charge is 0.423 e. The molecule has 0 saturated carbocycles. The minimum Gasteiger partial charge on any atom is -0.423 e. The van der Waals surface area contributed by atoms with Gasteiger partial charge in [0.25, 0.3) is 0 Å². The van der Waals surface area contributed by atoms with Crippen LogP contribution in [0, 0.1) is 0 Å². The third-order valence-electron chi connectivity index (χ3n) is 5.22. The number of rotatable bonds is 5. The molecule has 1 aliphatic rings. The molecule has 0 spiro atoms. The summed E-state index contributed by atoms with van der Waals surface area (Å²) in [6.45, 7) is 1.22. The molecule has 0 atom stereocenters. The molecular formula is C21H17F3N4O4. The Morgan fingerprint density at radius 3 is 2.66 bits per heavy atom. The van der Waals surface area contributed by atoms with Crippen molar-refractivity contribution in [3.63, 3.8) is 0 Å². The molecule has 8 nitrogen and oxygen atoms in total. The highest BCUT2D eigenvalue weighted by Crippen LogP contribution is 2.33. The van der Waals surface area contributed by atoms with Crippen molar-refractivity contribution in [1.29, 1.82) is 0 Å². The van der Waals surface area contributed by atoms with Crippen LogP contribution >= 0.6 is 0 Å². The highest BCUT2D eigenvalue weighted by molar-refractivity contribution is 5.87. The molecule has 4 aromatic rings. The zero-order chi connectivity index (χ0) is 22.3. The second kappa shape index (κ2) is 7.83. The molecule has 1 aliphatic heterocycles. The maximum absolute atomic E-state index is 12.5. The molecule has 0 radical (unpaired) electrons. The lowest BCUT2D eigenvalue weighted by Gasteiger charge is -2.25. The van der Waals surface area contributed by atoms with Crippen LogP contribution in [0.3, 0.4) is 0 Å². The molecule has 0 unspecified atom stereocenters. The highest BCUT2D eigenvalue weighted by atomic mass is 19.4. The standard InChI is InChI=1S/C21H17F3N4O4/c22-21(23,24)32-14-2-3-15-18(10-14)31-20(26-15)27-19-25-16-9-12(11-29)1-4-17(16)28(19)13-5-7-30-8-6-13/h1-4,9-11,13H,5-8H2,(H,25,26,27). The molecule has 11 heteroatoms. The number of imidazole rings is 1. The van der Waals surface area contributed by atoms with Crippen LogP contribution in [0.5, 0.6) is 5.75 Å². The maximum atomic E-state index is 12.5. The van der Waals surface area contributed by atoms with Crippen molar-refractivity contribution in [2.24, 2.45) is 0 Å². The van der Waals surface area contributed by atoms with Gasteiger partial charge < -0.3 is 18.5 Å². The Labute approximate surface area is 178 Å². The van der Waals surface area contributed by atoms with E-state index in [0.29, 0.717) is 35.8 Å². The van der Waals surface area contributed by atoms with Gasteiger partial charge in [-0.15, -0.1) is 13.2 Å². The lowest BCUT2D eigenvalue weighted by atomic mass is 10.1. The third kappa shape index (κ3) is 3.98. The van der Waals surface area contributed by atoms with Crippen molar-refractivity contribution in [2.45, 2.75) is 25.2 Å². The number of fused-ring (bicyclic) bond motifs is 2. The van der Waals surface area contributed by atoms with Crippen LogP contribution in [-0.2, 0) is 4.74 Å². The minimum atomic E-state index is -4.80. The number of nitrogens with one attached hydrogen (secondary N) is 1. The summed E-state index contributed by atoms with van der Waals surface area (Å²) in [5, 5.41) is 3.04. The molecule has 166 valence electrons. The van der Waals surface area contributed by atoms with Crippen LogP contribution in [0.15, 0.2) is 40.8 Å². The van der Waals surface area contributed by atoms with Gasteiger partial charge in [-0.05, 0) is 43.2 Å². The number of halogens is 3. The molecule has 2 aromatic heterocycles. The topological polar surface area (TPSA) is 91.4 Å². The van der Waals surface area contributed by atoms with Crippen LogP contribution in [0.1, 0.15) is 29.2 Å². The molecule has 5 rings (SSSR count). The average Bonchev–Trinajstić information content (AvgIpc) is 3.32. The predicted molar refractivity (Wildman–Crippen MR) is 108 cm³/mol. The highest BCUT2D eigenvalue weighted by Gasteiger charge is 2.31. The van der Waals surface area contributed by atoms with Gasteiger partial charge in [0.1, 0.15) is 17.6 Å². The number of anilines is 2. The number of hydrogen-bond acceptors (Lipinski definition) is 7. The van der Waals surface area contributed by atoms with Gasteiger partial charge in [0.2, 0.25) is 5.95 Å². The minimum absolute atomic E-state index is 0.0726. The molecule has 1 fully saturated rings. The summed E-state index contributed by atoms with van der Waals surface area (Å²) in [7, 11) is 0. The number of aromatic nitrogens is 3. The predicted octanol–water partition coefficient (Wildman–Crippen LogP) is 4.98. The lowest BCUT2D eigenvalue weighted by molar-refractivity contribution is -0.274. The Morgan fingerprint density at radius 2 is 1.91 bits per heavy atom. The Kier molecular flexibility index (Phi) is 4.97. The Morgan fingerprint density at radius 1 is 1.09 bits per heavy atom. The van der Waals surface area contributed by atoms with Crippen molar-refractivity contribution < 1.29 is 31.9 Å². The van der Waals surface area contributed by atoms with Gasteiger partial charge in [-0.1, -0.05) is 0 Å². The van der Waals surface area contributed by atoms with E-state index in [4.69, 9.17) is 9.15 Å². The summed E-state index contributed by atoms with van der Waals surface area (Å²) in [5.74, 6) is 0.0526. The fourth-order valence-electron chi connectivity index (χ4n) is 3.84. The van der Waals surface area contributed by atoms with Crippen molar-refractivity contribution in [3.8, 4) is 5.75 Å². The second-order valence-electron chi connectivity index (χ2n) is 7.34. The zero-order valence-corrected chi connectivity index (χ0v) is 16.6. The maximum Gasteiger partial charge on any atom is 0.573 e. The van der Waals surface area contributed by atoms with Gasteiger partial charge in [0.05, 0.1) is 11.0 Å². The lowest BCUT2D eigenvalue weighted by Crippen LogP contribution is -2.20. The summed E-state index contributed by atoms with van der Waals surface area (Å²) >= 11 is 0. The zero-order valence-electron chi connectivity index (χ0n) is 16.6. The molecule has 0 aliphatic carbocycles. The Balaban J connectivity index is 1.52. The van der Waals surface area contributed by atoms with Crippen molar-refractivity contribution >= 4 is 40.4 Å². The molecule has 0 bridgehead atoms. The summed E-state index contributed by atoms with van der Waals surface area (Å²) in [6, 6.07) is 9.09. The fraction of sp³-hybridized carbons (Fsp3) is 0.286. The second-order valence-corrected chi connectivity index (χ2v) is 7.34. The largest absolute Gasteiger partial charge is 0.573 e. The fourth-order valence-corrected chi connectivity index (χ4v) is 3.84. The van der Waals surface area contributed by atoms with Crippen LogP contribution in [-0.4, -0.2) is 40.4 Å². The number of nitrogens with zero attached hydrogens (tertiary/aromatic N) is 3. The number of carbonyl (C=O) groups is 1. The van der Waals surface area contributed by atoms with Crippen molar-refractivity contribution in [1.82, 2.24) is 14.5 Å². The normalized spacial score (nSPS) is 15.3. The molecule has 1 N–H and O–H groups in total. The Hall–Kier alpha value is -3.60. The molecule has 2 aromatic carbocycles. The van der Waals surface area contributed by atoms with E-state index in [2.05, 4.69) is 20.0 Å². The van der Waals surface area contributed by atoms with E-state index < -0.39 is 12.1 Å². The van der Waals surface area contributed by atoms with E-state index in [9.17, 15) is 18.0 Å². The molecule has 1 saturated heterocycles. The van der Waals surface area contributed by atoms with Crippen molar-refractivity contribution in [2.75, 3.05) is 18.5 Å². The summed E-state index contributed by atoms with van der Waals surface area (Å²) < 4.78 is 54.5. The van der Waals surface area contributed by atoms with Crippen LogP contribution < -0.4 is 10.1 Å². The summed E-state index contributed by atoms with van der Waals surface area (Å²) in [6.07, 6.45) is -2.49. The van der Waals surface area contributed by atoms with E-state index in [0.717, 1.165) is 30.7 Å². The number of aldehydes is 1. The first-order valence-corrected chi connectivity index (χ1v) is 9.88. The number of ether oxygens (including phenoxy) is 2. The van der Waals surface area contributed by atoms with Gasteiger partial charge in [-0.25, -0.2) is 4.98 Å². The van der Waals surface area contributed by atoms with Gasteiger partial charge in [0, 0.05) is 30.9 Å². The van der Waals surface area contributed by atoms with Crippen LogP contribution in [0.25, 0.3) is 22.1 Å². The summed E-state index contributed by atoms with van der Waals surface area (Å²) in [5.41, 5.74) is 2.45. The quantitative estimate of drug-likeness (QED) is 0.432. The number of hydrogen-bond donors (Lipinski definition) is 1. The van der Waals surface area contributed by atoms with E-state index in [1.54, 1.807) is 12.1 Å². The molecule has 3 heterocycles. The van der Waals surface area contributed by atoms with Crippen molar-refractivity contribution in [3.05, 3.63) is 42.0 Å². The number of oxazole rings is 1. The van der Waals surface area contributed by atoms with Crippen LogP contribution in [0.2, 0.25) is 0 Å². The Bertz CT molecular complexity index is 1290. The van der Waals surface area contributed by atoms with E-state index in [1.165, 1.54) is 12.1 Å². The van der Waals surface area contributed by atoms with Gasteiger partial charge in [-0.2, -0.15) is 4.98 Å². The number of alkyl halides is 3. The first kappa shape index (κ1) is 20.3. The first-order chi connectivity index (χ1) is 15.4. The van der Waals surface area contributed by atoms with E-state index in [-0.39, 0.29) is 17.6 Å². The van der Waals surface area contributed by atoms with Gasteiger partial charge in [-0.3, -0.25) is 10.1 Å². The molecule has 0 amide bonds. The van der Waals surface area contributed by atoms with Gasteiger partial charge in [0.15, 0.2) is 5.58 Å². The van der Waals surface area contributed by atoms with E-state index in [1.807, 2.05) is 10.6 Å². The number of carbonyl (C=O) groups excluding carboxylic acids is 1. The third-order valence-corrected chi connectivity index (χ3v) is 5.22. The molecular weight excluding hydrogens is 429 g/mol. The number of benzene rings is 2.